The standard InChI is InChI=1S/C8H12O9/c9-1-3(10)5(13)6(14)7(15)8(16)17-2-4(11)12/h1,3,5-7,10,13-15H,2H2,(H,11,12)/t3-,5+,6+,7-/m0/s1. The molecule has 0 bridgehead atoms. The fourth-order valence-corrected chi connectivity index (χ4v) is 0.827. The van der Waals surface area contributed by atoms with E-state index >= 15 is 0 Å². The number of carbonyl (C=O) groups excluding carboxylic acids is 2. The summed E-state index contributed by atoms with van der Waals surface area (Å²) in [4.78, 5) is 31.0. The molecule has 9 heteroatoms. The van der Waals surface area contributed by atoms with Crippen LogP contribution in [0.15, 0.2) is 0 Å². The number of carboxylic acids is 1. The third-order valence-corrected chi connectivity index (χ3v) is 1.74. The van der Waals surface area contributed by atoms with Gasteiger partial charge in [0.1, 0.15) is 18.3 Å². The van der Waals surface area contributed by atoms with Crippen LogP contribution in [0.4, 0.5) is 0 Å². The maximum absolute atomic E-state index is 10.9. The van der Waals surface area contributed by atoms with Crippen molar-refractivity contribution in [3.63, 3.8) is 0 Å². The fourth-order valence-electron chi connectivity index (χ4n) is 0.827. The number of rotatable bonds is 7. The second kappa shape index (κ2) is 6.91. The molecule has 17 heavy (non-hydrogen) atoms. The van der Waals surface area contributed by atoms with Crippen molar-refractivity contribution in [2.24, 2.45) is 0 Å². The van der Waals surface area contributed by atoms with Gasteiger partial charge in [-0.2, -0.15) is 0 Å². The minimum absolute atomic E-state index is 0.108. The first-order valence-corrected chi connectivity index (χ1v) is 4.37. The maximum atomic E-state index is 10.9. The number of aliphatic hydroxyl groups excluding tert-OH is 4. The van der Waals surface area contributed by atoms with Crippen molar-refractivity contribution >= 4 is 18.2 Å². The van der Waals surface area contributed by atoms with Crippen molar-refractivity contribution in [2.45, 2.75) is 24.4 Å². The molecule has 0 saturated heterocycles. The Labute approximate surface area is 94.9 Å². The van der Waals surface area contributed by atoms with E-state index in [-0.39, 0.29) is 6.29 Å². The Morgan fingerprint density at radius 2 is 1.65 bits per heavy atom. The van der Waals surface area contributed by atoms with E-state index in [2.05, 4.69) is 4.74 Å². The van der Waals surface area contributed by atoms with Gasteiger partial charge in [-0.15, -0.1) is 0 Å². The zero-order valence-corrected chi connectivity index (χ0v) is 8.46. The molecule has 0 aromatic rings. The molecule has 0 heterocycles. The summed E-state index contributed by atoms with van der Waals surface area (Å²) in [5.41, 5.74) is 0. The van der Waals surface area contributed by atoms with Gasteiger partial charge in [0.05, 0.1) is 0 Å². The number of hydrogen-bond acceptors (Lipinski definition) is 8. The molecule has 0 radical (unpaired) electrons. The van der Waals surface area contributed by atoms with Crippen molar-refractivity contribution in [1.29, 1.82) is 0 Å². The Kier molecular flexibility index (Phi) is 6.28. The summed E-state index contributed by atoms with van der Waals surface area (Å²) in [6, 6.07) is 0. The van der Waals surface area contributed by atoms with E-state index in [9.17, 15) is 14.4 Å². The topological polar surface area (TPSA) is 162 Å². The summed E-state index contributed by atoms with van der Waals surface area (Å²) >= 11 is 0. The molecule has 98 valence electrons. The molecule has 9 nitrogen and oxygen atoms in total. The Hall–Kier alpha value is -1.55. The van der Waals surface area contributed by atoms with Gasteiger partial charge in [-0.1, -0.05) is 0 Å². The number of aliphatic hydroxyl groups is 4. The molecule has 0 fully saturated rings. The monoisotopic (exact) mass is 252 g/mol. The molecule has 0 amide bonds. The molecular formula is C8H12O9. The van der Waals surface area contributed by atoms with Crippen molar-refractivity contribution in [1.82, 2.24) is 0 Å². The number of carboxylic acid groups (broad SMARTS) is 1. The number of esters is 1. The normalized spacial score (nSPS) is 17.6. The van der Waals surface area contributed by atoms with Crippen LogP contribution in [0.3, 0.4) is 0 Å². The first-order valence-electron chi connectivity index (χ1n) is 4.37. The van der Waals surface area contributed by atoms with Gasteiger partial charge in [-0.3, -0.25) is 0 Å². The molecule has 0 aromatic heterocycles. The molecular weight excluding hydrogens is 240 g/mol. The van der Waals surface area contributed by atoms with E-state index in [1.54, 1.807) is 0 Å². The molecule has 0 unspecified atom stereocenters. The summed E-state index contributed by atoms with van der Waals surface area (Å²) in [5.74, 6) is -2.98. The number of aldehydes is 1. The lowest BCUT2D eigenvalue weighted by atomic mass is 10.0. The summed E-state index contributed by atoms with van der Waals surface area (Å²) in [7, 11) is 0. The van der Waals surface area contributed by atoms with E-state index in [4.69, 9.17) is 25.5 Å². The lowest BCUT2D eigenvalue weighted by molar-refractivity contribution is -0.173. The molecule has 0 aliphatic rings. The summed E-state index contributed by atoms with van der Waals surface area (Å²) in [5, 5.41) is 44.3. The van der Waals surface area contributed by atoms with Crippen LogP contribution in [0.5, 0.6) is 0 Å². The molecule has 0 aliphatic carbocycles. The van der Waals surface area contributed by atoms with Gasteiger partial charge in [0.2, 0.25) is 0 Å². The molecule has 0 aliphatic heterocycles. The Bertz CT molecular complexity index is 289. The number of aliphatic carboxylic acids is 1. The minimum Gasteiger partial charge on any atom is -0.479 e. The van der Waals surface area contributed by atoms with Gasteiger partial charge in [-0.05, 0) is 0 Å². The Morgan fingerprint density at radius 1 is 1.12 bits per heavy atom. The SMILES string of the molecule is O=C[C@H](O)[C@@H](O)[C@@H](O)[C@H](O)C(=O)OCC(=O)O. The largest absolute Gasteiger partial charge is 0.479 e. The van der Waals surface area contributed by atoms with Gasteiger partial charge in [0.25, 0.3) is 0 Å². The predicted molar refractivity (Wildman–Crippen MR) is 48.7 cm³/mol. The molecule has 4 atom stereocenters. The fraction of sp³-hybridized carbons (Fsp3) is 0.625. The predicted octanol–water partition coefficient (Wildman–Crippen LogP) is -3.74. The Morgan fingerprint density at radius 3 is 2.06 bits per heavy atom. The molecule has 0 aromatic carbocycles. The third-order valence-electron chi connectivity index (χ3n) is 1.74. The highest BCUT2D eigenvalue weighted by Crippen LogP contribution is 2.05. The lowest BCUT2D eigenvalue weighted by Crippen LogP contribution is -2.48. The first-order chi connectivity index (χ1) is 7.81. The highest BCUT2D eigenvalue weighted by Gasteiger charge is 2.35. The zero-order valence-electron chi connectivity index (χ0n) is 8.46. The van der Waals surface area contributed by atoms with Crippen LogP contribution in [0.2, 0.25) is 0 Å². The van der Waals surface area contributed by atoms with E-state index in [0.717, 1.165) is 0 Å². The second-order valence-electron chi connectivity index (χ2n) is 3.05. The highest BCUT2D eigenvalue weighted by molar-refractivity contribution is 5.78. The van der Waals surface area contributed by atoms with Crippen LogP contribution in [0.25, 0.3) is 0 Å². The van der Waals surface area contributed by atoms with Crippen LogP contribution in [-0.4, -0.2) is 74.8 Å². The summed E-state index contributed by atoms with van der Waals surface area (Å²) < 4.78 is 4.02. The van der Waals surface area contributed by atoms with Crippen molar-refractivity contribution in [2.75, 3.05) is 6.61 Å². The second-order valence-corrected chi connectivity index (χ2v) is 3.05. The van der Waals surface area contributed by atoms with Gasteiger partial charge < -0.3 is 35.1 Å². The highest BCUT2D eigenvalue weighted by atomic mass is 16.6. The quantitative estimate of drug-likeness (QED) is 0.226. The average molecular weight is 252 g/mol. The molecule has 0 spiro atoms. The van der Waals surface area contributed by atoms with E-state index < -0.39 is 43.0 Å². The summed E-state index contributed by atoms with van der Waals surface area (Å²) in [6.45, 7) is -1.03. The van der Waals surface area contributed by atoms with E-state index in [0.29, 0.717) is 0 Å². The van der Waals surface area contributed by atoms with Gasteiger partial charge >= 0.3 is 11.9 Å². The van der Waals surface area contributed by atoms with E-state index in [1.165, 1.54) is 0 Å². The molecule has 0 rings (SSSR count). The van der Waals surface area contributed by atoms with Crippen LogP contribution < -0.4 is 0 Å². The van der Waals surface area contributed by atoms with Crippen molar-refractivity contribution in [3.05, 3.63) is 0 Å². The molecule has 0 saturated carbocycles. The summed E-state index contributed by atoms with van der Waals surface area (Å²) in [6.07, 6.45) is -8.66. The van der Waals surface area contributed by atoms with Crippen molar-refractivity contribution < 1.29 is 44.7 Å². The number of hydrogen-bond donors (Lipinski definition) is 5. The van der Waals surface area contributed by atoms with Gasteiger partial charge in [-0.25, -0.2) is 9.59 Å². The maximum Gasteiger partial charge on any atom is 0.341 e. The van der Waals surface area contributed by atoms with E-state index in [1.807, 2.05) is 0 Å². The number of carbonyl (C=O) groups is 3. The van der Waals surface area contributed by atoms with Crippen LogP contribution >= 0.6 is 0 Å². The molecule has 5 N–H and O–H groups in total. The lowest BCUT2D eigenvalue weighted by Gasteiger charge is -2.22. The smallest absolute Gasteiger partial charge is 0.341 e. The van der Waals surface area contributed by atoms with Crippen LogP contribution in [-0.2, 0) is 19.1 Å². The third kappa shape index (κ3) is 4.87. The van der Waals surface area contributed by atoms with Gasteiger partial charge in [0, 0.05) is 0 Å². The first kappa shape index (κ1) is 15.4. The van der Waals surface area contributed by atoms with Crippen LogP contribution in [0, 0.1) is 0 Å². The van der Waals surface area contributed by atoms with Gasteiger partial charge in [0.15, 0.2) is 19.0 Å². The average Bonchev–Trinajstić information content (AvgIpc) is 2.31. The van der Waals surface area contributed by atoms with Crippen LogP contribution in [0.1, 0.15) is 0 Å². The number of ether oxygens (including phenoxy) is 1. The minimum atomic E-state index is -2.28. The Balaban J connectivity index is 4.37. The zero-order chi connectivity index (χ0) is 13.6. The van der Waals surface area contributed by atoms with Crippen molar-refractivity contribution in [3.8, 4) is 0 Å².